The molecule has 2 aromatic heterocycles. The Labute approximate surface area is 180 Å². The number of aromatic nitrogens is 3. The maximum absolute atomic E-state index is 12.6. The minimum Gasteiger partial charge on any atom is -0.481 e. The second-order valence-electron chi connectivity index (χ2n) is 5.91. The average molecular weight is 449 g/mol. The number of amides is 1. The second-order valence-corrected chi connectivity index (χ2v) is 7.18. The molecule has 0 aliphatic heterocycles. The number of thiazole rings is 1. The molecule has 11 heteroatoms. The van der Waals surface area contributed by atoms with Gasteiger partial charge < -0.3 is 9.47 Å². The van der Waals surface area contributed by atoms with Gasteiger partial charge in [-0.1, -0.05) is 23.7 Å². The largest absolute Gasteiger partial charge is 0.481 e. The lowest BCUT2D eigenvalue weighted by molar-refractivity contribution is -0.118. The molecular weight excluding hydrogens is 432 g/mol. The van der Waals surface area contributed by atoms with Gasteiger partial charge in [-0.25, -0.2) is 9.78 Å². The summed E-state index contributed by atoms with van der Waals surface area (Å²) in [5, 5.41) is 9.11. The van der Waals surface area contributed by atoms with Crippen LogP contribution in [0, 0.1) is 6.92 Å². The van der Waals surface area contributed by atoms with Crippen LogP contribution in [0.25, 0.3) is 5.69 Å². The molecule has 0 aliphatic rings. The molecule has 0 saturated heterocycles. The molecule has 0 fully saturated rings. The number of para-hydroxylation sites is 1. The quantitative estimate of drug-likeness (QED) is 0.553. The Balaban J connectivity index is 1.88. The van der Waals surface area contributed by atoms with E-state index in [0.717, 1.165) is 16.4 Å². The van der Waals surface area contributed by atoms with E-state index in [2.05, 4.69) is 15.4 Å². The fourth-order valence-corrected chi connectivity index (χ4v) is 3.32. The second kappa shape index (κ2) is 9.51. The average Bonchev–Trinajstić information content (AvgIpc) is 3.11. The summed E-state index contributed by atoms with van der Waals surface area (Å²) < 4.78 is 11.4. The van der Waals surface area contributed by atoms with Crippen molar-refractivity contribution >= 4 is 39.9 Å². The monoisotopic (exact) mass is 448 g/mol. The lowest BCUT2D eigenvalue weighted by Gasteiger charge is -2.13. The summed E-state index contributed by atoms with van der Waals surface area (Å²) in [5.74, 6) is -1.48. The molecule has 0 aliphatic carbocycles. The first kappa shape index (κ1) is 21.5. The summed E-state index contributed by atoms with van der Waals surface area (Å²) in [6, 6.07) is 7.60. The molecule has 2 heterocycles. The van der Waals surface area contributed by atoms with Crippen molar-refractivity contribution in [3.63, 3.8) is 0 Å². The van der Waals surface area contributed by atoms with Gasteiger partial charge in [0.2, 0.25) is 5.69 Å². The molecule has 0 radical (unpaired) electrons. The molecule has 0 bridgehead atoms. The van der Waals surface area contributed by atoms with Crippen molar-refractivity contribution in [2.75, 3.05) is 18.5 Å². The van der Waals surface area contributed by atoms with Gasteiger partial charge in [-0.15, -0.1) is 11.3 Å². The van der Waals surface area contributed by atoms with Crippen LogP contribution in [-0.4, -0.2) is 39.9 Å². The molecule has 30 heavy (non-hydrogen) atoms. The summed E-state index contributed by atoms with van der Waals surface area (Å²) in [7, 11) is 0. The van der Waals surface area contributed by atoms with E-state index in [4.69, 9.17) is 21.1 Å². The maximum atomic E-state index is 12.6. The van der Waals surface area contributed by atoms with E-state index in [0.29, 0.717) is 5.13 Å². The molecule has 156 valence electrons. The number of hydrogen-bond donors (Lipinski definition) is 1. The Hall–Kier alpha value is -3.24. The van der Waals surface area contributed by atoms with Gasteiger partial charge in [0.25, 0.3) is 11.5 Å². The van der Waals surface area contributed by atoms with Crippen molar-refractivity contribution in [3.05, 3.63) is 62.5 Å². The number of benzene rings is 1. The Morgan fingerprint density at radius 3 is 2.73 bits per heavy atom. The Kier molecular flexibility index (Phi) is 6.80. The van der Waals surface area contributed by atoms with Gasteiger partial charge >= 0.3 is 5.97 Å². The number of anilines is 1. The number of esters is 1. The van der Waals surface area contributed by atoms with Crippen LogP contribution >= 0.6 is 22.9 Å². The van der Waals surface area contributed by atoms with Crippen molar-refractivity contribution < 1.29 is 19.1 Å². The van der Waals surface area contributed by atoms with E-state index in [1.165, 1.54) is 11.3 Å². The molecule has 0 unspecified atom stereocenters. The van der Waals surface area contributed by atoms with Crippen LogP contribution < -0.4 is 15.6 Å². The summed E-state index contributed by atoms with van der Waals surface area (Å²) in [5.41, 5.74) is 0.211. The third-order valence-electron chi connectivity index (χ3n) is 3.67. The van der Waals surface area contributed by atoms with Gasteiger partial charge in [0, 0.05) is 5.38 Å². The first-order valence-corrected chi connectivity index (χ1v) is 10.1. The zero-order valence-electron chi connectivity index (χ0n) is 16.0. The third-order valence-corrected chi connectivity index (χ3v) is 4.87. The zero-order chi connectivity index (χ0) is 21.7. The fourth-order valence-electron chi connectivity index (χ4n) is 2.40. The highest BCUT2D eigenvalue weighted by Gasteiger charge is 2.21. The van der Waals surface area contributed by atoms with Crippen LogP contribution in [0.2, 0.25) is 5.02 Å². The standard InChI is InChI=1S/C19H17ClN4O5S/c1-3-28-18(27)17-14(29-9-15(25)22-19-21-11(2)10-30-19)8-16(26)24(23-17)13-7-5-4-6-12(13)20/h4-8,10H,3,9H2,1-2H3,(H,21,22,25). The minimum atomic E-state index is -0.802. The number of carbonyl (C=O) groups excluding carboxylic acids is 2. The van der Waals surface area contributed by atoms with Crippen molar-refractivity contribution in [1.29, 1.82) is 0 Å². The number of aryl methyl sites for hydroxylation is 1. The van der Waals surface area contributed by atoms with E-state index in [1.54, 1.807) is 43.5 Å². The zero-order valence-corrected chi connectivity index (χ0v) is 17.6. The number of hydrogen-bond acceptors (Lipinski definition) is 8. The third kappa shape index (κ3) is 5.02. The number of nitrogens with one attached hydrogen (secondary N) is 1. The first-order chi connectivity index (χ1) is 14.4. The van der Waals surface area contributed by atoms with E-state index < -0.39 is 24.0 Å². The predicted octanol–water partition coefficient (Wildman–Crippen LogP) is 2.85. The van der Waals surface area contributed by atoms with Gasteiger partial charge in [0.1, 0.15) is 0 Å². The van der Waals surface area contributed by atoms with Gasteiger partial charge in [-0.3, -0.25) is 14.9 Å². The van der Waals surface area contributed by atoms with Crippen LogP contribution in [0.3, 0.4) is 0 Å². The number of halogens is 1. The molecule has 1 N–H and O–H groups in total. The number of ether oxygens (including phenoxy) is 2. The highest BCUT2D eigenvalue weighted by atomic mass is 35.5. The van der Waals surface area contributed by atoms with Crippen molar-refractivity contribution in [1.82, 2.24) is 14.8 Å². The van der Waals surface area contributed by atoms with Crippen LogP contribution in [-0.2, 0) is 9.53 Å². The summed E-state index contributed by atoms with van der Waals surface area (Å²) in [4.78, 5) is 41.2. The number of nitrogens with zero attached hydrogens (tertiary/aromatic N) is 3. The molecule has 0 saturated carbocycles. The smallest absolute Gasteiger partial charge is 0.362 e. The summed E-state index contributed by atoms with van der Waals surface area (Å²) in [6.45, 7) is 3.07. The van der Waals surface area contributed by atoms with Gasteiger partial charge in [0.15, 0.2) is 17.5 Å². The highest BCUT2D eigenvalue weighted by molar-refractivity contribution is 7.13. The van der Waals surface area contributed by atoms with Crippen molar-refractivity contribution in [3.8, 4) is 11.4 Å². The van der Waals surface area contributed by atoms with Crippen molar-refractivity contribution in [2.45, 2.75) is 13.8 Å². The minimum absolute atomic E-state index is 0.0923. The molecule has 3 rings (SSSR count). The van der Waals surface area contributed by atoms with E-state index >= 15 is 0 Å². The van der Waals surface area contributed by atoms with Crippen LogP contribution in [0.15, 0.2) is 40.5 Å². The van der Waals surface area contributed by atoms with Gasteiger partial charge in [-0.2, -0.15) is 9.78 Å². The lowest BCUT2D eigenvalue weighted by atomic mass is 10.3. The molecule has 3 aromatic rings. The Bertz CT molecular complexity index is 1140. The van der Waals surface area contributed by atoms with E-state index in [1.807, 2.05) is 0 Å². The summed E-state index contributed by atoms with van der Waals surface area (Å²) >= 11 is 7.41. The topological polar surface area (TPSA) is 112 Å². The molecule has 1 amide bonds. The fraction of sp³-hybridized carbons (Fsp3) is 0.211. The number of carbonyl (C=O) groups is 2. The SMILES string of the molecule is CCOC(=O)c1nn(-c2ccccc2Cl)c(=O)cc1OCC(=O)Nc1nc(C)cs1. The van der Waals surface area contributed by atoms with Crippen LogP contribution in [0.1, 0.15) is 23.1 Å². The lowest BCUT2D eigenvalue weighted by Crippen LogP contribution is -2.27. The van der Waals surface area contributed by atoms with Crippen LogP contribution in [0.4, 0.5) is 5.13 Å². The van der Waals surface area contributed by atoms with E-state index in [-0.39, 0.29) is 28.8 Å². The van der Waals surface area contributed by atoms with E-state index in [9.17, 15) is 14.4 Å². The molecule has 9 nitrogen and oxygen atoms in total. The Morgan fingerprint density at radius 2 is 2.07 bits per heavy atom. The first-order valence-electron chi connectivity index (χ1n) is 8.80. The molecule has 0 spiro atoms. The molecular formula is C19H17ClN4O5S. The molecule has 0 atom stereocenters. The van der Waals surface area contributed by atoms with Gasteiger partial charge in [-0.05, 0) is 26.0 Å². The molecule has 1 aromatic carbocycles. The van der Waals surface area contributed by atoms with Gasteiger partial charge in [0.05, 0.1) is 29.1 Å². The summed E-state index contributed by atoms with van der Waals surface area (Å²) in [6.07, 6.45) is 0. The highest BCUT2D eigenvalue weighted by Crippen LogP contribution is 2.21. The van der Waals surface area contributed by atoms with Crippen molar-refractivity contribution in [2.24, 2.45) is 0 Å². The number of rotatable bonds is 7. The van der Waals surface area contributed by atoms with Crippen LogP contribution in [0.5, 0.6) is 5.75 Å². The normalized spacial score (nSPS) is 10.5. The predicted molar refractivity (Wildman–Crippen MR) is 112 cm³/mol. The maximum Gasteiger partial charge on any atom is 0.362 e. The Morgan fingerprint density at radius 1 is 1.30 bits per heavy atom.